The van der Waals surface area contributed by atoms with Crippen molar-refractivity contribution < 1.29 is 8.78 Å². The molecule has 0 bridgehead atoms. The Morgan fingerprint density at radius 3 is 2.54 bits per heavy atom. The van der Waals surface area contributed by atoms with Crippen LogP contribution in [0.4, 0.5) is 8.78 Å². The van der Waals surface area contributed by atoms with Gasteiger partial charge in [-0.2, -0.15) is 0 Å². The molecule has 1 aromatic heterocycles. The van der Waals surface area contributed by atoms with Crippen molar-refractivity contribution in [2.75, 3.05) is 6.54 Å². The van der Waals surface area contributed by atoms with Gasteiger partial charge in [-0.05, 0) is 12.1 Å². The van der Waals surface area contributed by atoms with Crippen LogP contribution in [0.25, 0.3) is 0 Å². The number of rotatable bonds is 3. The van der Waals surface area contributed by atoms with E-state index in [1.54, 1.807) is 0 Å². The molecule has 0 saturated carbocycles. The Labute approximate surface area is 79.7 Å². The van der Waals surface area contributed by atoms with Crippen molar-refractivity contribution in [1.82, 2.24) is 4.98 Å². The van der Waals surface area contributed by atoms with E-state index in [0.717, 1.165) is 0 Å². The van der Waals surface area contributed by atoms with E-state index in [1.807, 2.05) is 0 Å². The van der Waals surface area contributed by atoms with Crippen molar-refractivity contribution in [1.29, 1.82) is 0 Å². The predicted molar refractivity (Wildman–Crippen MR) is 47.0 cm³/mol. The summed E-state index contributed by atoms with van der Waals surface area (Å²) in [5.41, 5.74) is 5.47. The van der Waals surface area contributed by atoms with E-state index < -0.39 is 12.3 Å². The smallest absolute Gasteiger partial charge is 0.248 e. The molecule has 72 valence electrons. The van der Waals surface area contributed by atoms with E-state index in [2.05, 4.69) is 4.98 Å². The van der Waals surface area contributed by atoms with Gasteiger partial charge in [-0.1, -0.05) is 11.6 Å². The summed E-state index contributed by atoms with van der Waals surface area (Å²) in [6, 6.07) is 2.99. The lowest BCUT2D eigenvalue weighted by Crippen LogP contribution is -2.20. The normalized spacial score (nSPS) is 13.3. The van der Waals surface area contributed by atoms with Crippen LogP contribution in [0.3, 0.4) is 0 Å². The molecule has 0 aromatic carbocycles. The van der Waals surface area contributed by atoms with E-state index in [1.165, 1.54) is 18.3 Å². The van der Waals surface area contributed by atoms with Crippen molar-refractivity contribution in [3.63, 3.8) is 0 Å². The molecule has 1 aromatic rings. The van der Waals surface area contributed by atoms with E-state index in [4.69, 9.17) is 17.3 Å². The Kier molecular flexibility index (Phi) is 3.57. The number of pyridine rings is 1. The molecular weight excluding hydrogens is 198 g/mol. The lowest BCUT2D eigenvalue weighted by molar-refractivity contribution is 0.115. The molecule has 1 atom stereocenters. The fourth-order valence-corrected chi connectivity index (χ4v) is 1.07. The summed E-state index contributed by atoms with van der Waals surface area (Å²) < 4.78 is 24.7. The zero-order valence-electron chi connectivity index (χ0n) is 6.75. The average Bonchev–Trinajstić information content (AvgIpc) is 2.09. The van der Waals surface area contributed by atoms with Crippen LogP contribution in [-0.2, 0) is 0 Å². The van der Waals surface area contributed by atoms with E-state index in [-0.39, 0.29) is 12.2 Å². The molecule has 1 heterocycles. The first-order valence-electron chi connectivity index (χ1n) is 3.75. The van der Waals surface area contributed by atoms with Crippen LogP contribution in [0.5, 0.6) is 0 Å². The summed E-state index contributed by atoms with van der Waals surface area (Å²) in [6.07, 6.45) is -1.15. The van der Waals surface area contributed by atoms with Crippen LogP contribution < -0.4 is 5.73 Å². The molecule has 0 fully saturated rings. The highest BCUT2D eigenvalue weighted by Crippen LogP contribution is 2.21. The summed E-state index contributed by atoms with van der Waals surface area (Å²) in [7, 11) is 0. The summed E-state index contributed by atoms with van der Waals surface area (Å²) in [5.74, 6) is -1.00. The number of halogens is 3. The Morgan fingerprint density at radius 2 is 2.15 bits per heavy atom. The second-order valence-corrected chi connectivity index (χ2v) is 3.01. The molecule has 0 radical (unpaired) electrons. The quantitative estimate of drug-likeness (QED) is 0.822. The number of hydrogen-bond acceptors (Lipinski definition) is 2. The first-order valence-corrected chi connectivity index (χ1v) is 4.12. The van der Waals surface area contributed by atoms with Crippen LogP contribution in [0.2, 0.25) is 5.02 Å². The molecule has 2 nitrogen and oxygen atoms in total. The maximum atomic E-state index is 12.3. The summed E-state index contributed by atoms with van der Waals surface area (Å²) in [6.45, 7) is -0.119. The maximum absolute atomic E-state index is 12.3. The Hall–Kier alpha value is -0.740. The predicted octanol–water partition coefficient (Wildman–Crippen LogP) is 2.04. The van der Waals surface area contributed by atoms with Gasteiger partial charge in [0.25, 0.3) is 0 Å². The number of alkyl halides is 2. The summed E-state index contributed by atoms with van der Waals surface area (Å²) in [5, 5.41) is 0.425. The lowest BCUT2D eigenvalue weighted by Gasteiger charge is -2.12. The third kappa shape index (κ3) is 2.60. The zero-order valence-corrected chi connectivity index (χ0v) is 7.51. The van der Waals surface area contributed by atoms with Gasteiger partial charge in [0.2, 0.25) is 6.43 Å². The van der Waals surface area contributed by atoms with Gasteiger partial charge >= 0.3 is 0 Å². The first-order chi connectivity index (χ1) is 6.15. The Bertz CT molecular complexity index is 263. The van der Waals surface area contributed by atoms with Crippen LogP contribution in [0.15, 0.2) is 18.3 Å². The van der Waals surface area contributed by atoms with Gasteiger partial charge < -0.3 is 5.73 Å². The maximum Gasteiger partial charge on any atom is 0.248 e. The molecule has 1 rings (SSSR count). The minimum absolute atomic E-state index is 0.119. The van der Waals surface area contributed by atoms with Crippen LogP contribution in [-0.4, -0.2) is 18.0 Å². The molecule has 1 unspecified atom stereocenters. The standard InChI is InChI=1S/C8H9ClF2N2/c9-5-1-2-7(13-4-5)6(3-12)8(10)11/h1-2,4,6,8H,3,12H2. The van der Waals surface area contributed by atoms with Crippen LogP contribution >= 0.6 is 11.6 Å². The molecule has 5 heteroatoms. The van der Waals surface area contributed by atoms with Crippen molar-refractivity contribution in [3.05, 3.63) is 29.0 Å². The first kappa shape index (κ1) is 10.3. The van der Waals surface area contributed by atoms with Crippen LogP contribution in [0.1, 0.15) is 11.6 Å². The average molecular weight is 207 g/mol. The second kappa shape index (κ2) is 4.48. The topological polar surface area (TPSA) is 38.9 Å². The third-order valence-electron chi connectivity index (χ3n) is 1.69. The molecule has 13 heavy (non-hydrogen) atoms. The summed E-state index contributed by atoms with van der Waals surface area (Å²) in [4.78, 5) is 3.78. The minimum atomic E-state index is -2.49. The Morgan fingerprint density at radius 1 is 1.46 bits per heavy atom. The number of nitrogens with two attached hydrogens (primary N) is 1. The van der Waals surface area contributed by atoms with Gasteiger partial charge in [-0.15, -0.1) is 0 Å². The lowest BCUT2D eigenvalue weighted by atomic mass is 10.1. The molecule has 0 aliphatic heterocycles. The van der Waals surface area contributed by atoms with Gasteiger partial charge in [0.05, 0.1) is 16.6 Å². The largest absolute Gasteiger partial charge is 0.330 e. The Balaban J connectivity index is 2.86. The highest BCUT2D eigenvalue weighted by Gasteiger charge is 2.21. The van der Waals surface area contributed by atoms with Crippen LogP contribution in [0, 0.1) is 0 Å². The van der Waals surface area contributed by atoms with Crippen molar-refractivity contribution in [3.8, 4) is 0 Å². The van der Waals surface area contributed by atoms with Gasteiger partial charge in [-0.25, -0.2) is 8.78 Å². The molecule has 2 N–H and O–H groups in total. The minimum Gasteiger partial charge on any atom is -0.330 e. The third-order valence-corrected chi connectivity index (χ3v) is 1.91. The number of aromatic nitrogens is 1. The fourth-order valence-electron chi connectivity index (χ4n) is 0.959. The molecule has 0 amide bonds. The molecule has 0 aliphatic rings. The molecule has 0 saturated heterocycles. The van der Waals surface area contributed by atoms with E-state index in [9.17, 15) is 8.78 Å². The highest BCUT2D eigenvalue weighted by atomic mass is 35.5. The van der Waals surface area contributed by atoms with Gasteiger partial charge in [0.15, 0.2) is 0 Å². The van der Waals surface area contributed by atoms with Gasteiger partial charge in [0, 0.05) is 12.7 Å². The second-order valence-electron chi connectivity index (χ2n) is 2.58. The van der Waals surface area contributed by atoms with Crippen molar-refractivity contribution in [2.45, 2.75) is 12.3 Å². The molecular formula is C8H9ClF2N2. The van der Waals surface area contributed by atoms with Crippen molar-refractivity contribution >= 4 is 11.6 Å². The molecule has 0 aliphatic carbocycles. The summed E-state index contributed by atoms with van der Waals surface area (Å²) >= 11 is 5.56. The monoisotopic (exact) mass is 206 g/mol. The highest BCUT2D eigenvalue weighted by molar-refractivity contribution is 6.30. The van der Waals surface area contributed by atoms with Crippen molar-refractivity contribution in [2.24, 2.45) is 5.73 Å². The number of hydrogen-bond donors (Lipinski definition) is 1. The van der Waals surface area contributed by atoms with Gasteiger partial charge in [0.1, 0.15) is 0 Å². The number of nitrogens with zero attached hydrogens (tertiary/aromatic N) is 1. The fraction of sp³-hybridized carbons (Fsp3) is 0.375. The molecule has 0 spiro atoms. The zero-order chi connectivity index (χ0) is 9.84. The SMILES string of the molecule is NCC(c1ccc(Cl)cn1)C(F)F. The van der Waals surface area contributed by atoms with E-state index in [0.29, 0.717) is 5.02 Å². The van der Waals surface area contributed by atoms with Gasteiger partial charge in [-0.3, -0.25) is 4.98 Å². The van der Waals surface area contributed by atoms with E-state index >= 15 is 0 Å².